The van der Waals surface area contributed by atoms with Crippen molar-refractivity contribution >= 4 is 35.2 Å². The molecule has 5 heteroatoms. The molecule has 0 spiro atoms. The van der Waals surface area contributed by atoms with Gasteiger partial charge in [0.15, 0.2) is 0 Å². The topological polar surface area (TPSA) is 29.1 Å². The van der Waals surface area contributed by atoms with E-state index in [-0.39, 0.29) is 5.91 Å². The molecule has 1 N–H and O–H groups in total. The van der Waals surface area contributed by atoms with Crippen molar-refractivity contribution in [2.45, 2.75) is 32.4 Å². The van der Waals surface area contributed by atoms with Crippen LogP contribution >= 0.6 is 23.2 Å². The minimum Gasteiger partial charge on any atom is -0.348 e. The molecule has 0 unspecified atom stereocenters. The Morgan fingerprint density at radius 2 is 1.68 bits per heavy atom. The summed E-state index contributed by atoms with van der Waals surface area (Å²) < 4.78 is 1.13. The SMILES string of the molecule is C[N+]1(Cc2ccc(CNC(=O)C=Cc3ccc(Cl)c(Cl)c3)cc2)CCCCC1. The Morgan fingerprint density at radius 1 is 1.00 bits per heavy atom. The van der Waals surface area contributed by atoms with Gasteiger partial charge in [-0.1, -0.05) is 53.5 Å². The molecule has 0 aromatic heterocycles. The highest BCUT2D eigenvalue weighted by Gasteiger charge is 2.24. The number of hydrogen-bond acceptors (Lipinski definition) is 1. The number of benzene rings is 2. The molecule has 0 aliphatic carbocycles. The Bertz CT molecular complexity index is 840. The van der Waals surface area contributed by atoms with E-state index in [1.165, 1.54) is 44.0 Å². The Morgan fingerprint density at radius 3 is 2.36 bits per heavy atom. The van der Waals surface area contributed by atoms with Gasteiger partial charge in [-0.05, 0) is 48.6 Å². The van der Waals surface area contributed by atoms with Gasteiger partial charge in [0, 0.05) is 18.2 Å². The van der Waals surface area contributed by atoms with Gasteiger partial charge in [0.2, 0.25) is 5.91 Å². The molecule has 1 fully saturated rings. The van der Waals surface area contributed by atoms with Crippen LogP contribution < -0.4 is 5.32 Å². The Kier molecular flexibility index (Phi) is 7.17. The van der Waals surface area contributed by atoms with E-state index in [2.05, 4.69) is 36.6 Å². The van der Waals surface area contributed by atoms with E-state index >= 15 is 0 Å². The van der Waals surface area contributed by atoms with Crippen molar-refractivity contribution in [1.29, 1.82) is 0 Å². The lowest BCUT2D eigenvalue weighted by Crippen LogP contribution is -2.46. The van der Waals surface area contributed by atoms with E-state index in [1.54, 1.807) is 18.2 Å². The Hall–Kier alpha value is -1.81. The van der Waals surface area contributed by atoms with Crippen LogP contribution in [-0.2, 0) is 17.9 Å². The Balaban J connectivity index is 1.49. The van der Waals surface area contributed by atoms with Crippen LogP contribution in [0.25, 0.3) is 6.08 Å². The molecule has 2 aromatic rings. The van der Waals surface area contributed by atoms with Gasteiger partial charge in [0.05, 0.1) is 30.2 Å². The predicted molar refractivity (Wildman–Crippen MR) is 117 cm³/mol. The lowest BCUT2D eigenvalue weighted by molar-refractivity contribution is -0.926. The Labute approximate surface area is 177 Å². The van der Waals surface area contributed by atoms with Crippen molar-refractivity contribution in [2.24, 2.45) is 0 Å². The van der Waals surface area contributed by atoms with Crippen LogP contribution in [0, 0.1) is 0 Å². The van der Waals surface area contributed by atoms with Gasteiger partial charge in [0.25, 0.3) is 0 Å². The van der Waals surface area contributed by atoms with Crippen molar-refractivity contribution < 1.29 is 9.28 Å². The van der Waals surface area contributed by atoms with Crippen LogP contribution in [0.1, 0.15) is 36.0 Å². The van der Waals surface area contributed by atoms with E-state index in [1.807, 2.05) is 6.07 Å². The molecule has 3 nitrogen and oxygen atoms in total. The number of halogens is 2. The summed E-state index contributed by atoms with van der Waals surface area (Å²) in [6.07, 6.45) is 7.26. The molecule has 0 saturated carbocycles. The van der Waals surface area contributed by atoms with Crippen LogP contribution in [0.5, 0.6) is 0 Å². The van der Waals surface area contributed by atoms with Gasteiger partial charge in [-0.3, -0.25) is 4.79 Å². The molecule has 1 aliphatic rings. The molecule has 0 bridgehead atoms. The molecule has 1 amide bonds. The first-order valence-corrected chi connectivity index (χ1v) is 10.5. The van der Waals surface area contributed by atoms with Crippen molar-refractivity contribution in [2.75, 3.05) is 20.1 Å². The van der Waals surface area contributed by atoms with Crippen molar-refractivity contribution in [3.05, 3.63) is 75.3 Å². The van der Waals surface area contributed by atoms with Gasteiger partial charge >= 0.3 is 0 Å². The number of likely N-dealkylation sites (tertiary alicyclic amines) is 1. The van der Waals surface area contributed by atoms with Crippen molar-refractivity contribution in [3.8, 4) is 0 Å². The number of carbonyl (C=O) groups excluding carboxylic acids is 1. The molecule has 0 atom stereocenters. The largest absolute Gasteiger partial charge is 0.348 e. The second kappa shape index (κ2) is 9.60. The summed E-state index contributed by atoms with van der Waals surface area (Å²) in [7, 11) is 2.35. The first-order chi connectivity index (χ1) is 13.4. The molecular weight excluding hydrogens is 391 g/mol. The molecule has 28 heavy (non-hydrogen) atoms. The zero-order chi connectivity index (χ0) is 20.0. The minimum absolute atomic E-state index is 0.137. The van der Waals surface area contributed by atoms with E-state index in [4.69, 9.17) is 23.2 Å². The van der Waals surface area contributed by atoms with Crippen LogP contribution in [0.15, 0.2) is 48.5 Å². The summed E-state index contributed by atoms with van der Waals surface area (Å²) in [6.45, 7) is 4.13. The van der Waals surface area contributed by atoms with Crippen LogP contribution in [0.3, 0.4) is 0 Å². The highest BCUT2D eigenvalue weighted by atomic mass is 35.5. The van der Waals surface area contributed by atoms with Gasteiger partial charge in [0.1, 0.15) is 6.54 Å². The first kappa shape index (κ1) is 20.9. The normalized spacial score (nSPS) is 16.2. The van der Waals surface area contributed by atoms with Gasteiger partial charge < -0.3 is 9.80 Å². The molecule has 2 aromatic carbocycles. The fraction of sp³-hybridized carbons (Fsp3) is 0.348. The van der Waals surface area contributed by atoms with Gasteiger partial charge in [-0.2, -0.15) is 0 Å². The number of quaternary nitrogens is 1. The molecule has 1 saturated heterocycles. The number of piperidine rings is 1. The van der Waals surface area contributed by atoms with Gasteiger partial charge in [-0.25, -0.2) is 0 Å². The summed E-state index contributed by atoms with van der Waals surface area (Å²) in [5.41, 5.74) is 3.29. The maximum Gasteiger partial charge on any atom is 0.244 e. The average Bonchev–Trinajstić information content (AvgIpc) is 2.68. The standard InChI is InChI=1S/C23H26Cl2N2O/c1-27(13-3-2-4-14-27)17-20-7-5-19(6-8-20)16-26-23(28)12-10-18-9-11-21(24)22(25)15-18/h5-12,15H,2-4,13-14,16-17H2,1H3/p+1. The molecule has 1 aliphatic heterocycles. The zero-order valence-corrected chi connectivity index (χ0v) is 17.8. The third kappa shape index (κ3) is 6.10. The second-order valence-electron chi connectivity index (χ2n) is 7.83. The third-order valence-electron chi connectivity index (χ3n) is 5.32. The smallest absolute Gasteiger partial charge is 0.244 e. The summed E-state index contributed by atoms with van der Waals surface area (Å²) in [5.74, 6) is -0.137. The van der Waals surface area contributed by atoms with Crippen molar-refractivity contribution in [3.63, 3.8) is 0 Å². The fourth-order valence-electron chi connectivity index (χ4n) is 3.67. The molecule has 1 heterocycles. The van der Waals surface area contributed by atoms with Crippen LogP contribution in [0.2, 0.25) is 10.0 Å². The summed E-state index contributed by atoms with van der Waals surface area (Å²) in [4.78, 5) is 12.1. The maximum atomic E-state index is 12.1. The minimum atomic E-state index is -0.137. The predicted octanol–water partition coefficient (Wildman–Crippen LogP) is 5.45. The van der Waals surface area contributed by atoms with Crippen LogP contribution in [-0.4, -0.2) is 30.5 Å². The monoisotopic (exact) mass is 417 g/mol. The lowest BCUT2D eigenvalue weighted by atomic mass is 10.1. The maximum absolute atomic E-state index is 12.1. The fourth-order valence-corrected chi connectivity index (χ4v) is 3.98. The number of carbonyl (C=O) groups is 1. The van der Waals surface area contributed by atoms with Crippen LogP contribution in [0.4, 0.5) is 0 Å². The number of nitrogens with zero attached hydrogens (tertiary/aromatic N) is 1. The summed E-state index contributed by atoms with van der Waals surface area (Å²) in [6, 6.07) is 13.9. The van der Waals surface area contributed by atoms with E-state index in [9.17, 15) is 4.79 Å². The highest BCUT2D eigenvalue weighted by molar-refractivity contribution is 6.42. The average molecular weight is 418 g/mol. The number of amides is 1. The zero-order valence-electron chi connectivity index (χ0n) is 16.3. The molecule has 0 radical (unpaired) electrons. The summed E-state index contributed by atoms with van der Waals surface area (Å²) >= 11 is 11.9. The molecule has 3 rings (SSSR count). The molecule has 148 valence electrons. The summed E-state index contributed by atoms with van der Waals surface area (Å²) in [5, 5.41) is 3.89. The second-order valence-corrected chi connectivity index (χ2v) is 8.64. The van der Waals surface area contributed by atoms with E-state index in [0.717, 1.165) is 22.2 Å². The first-order valence-electron chi connectivity index (χ1n) is 9.76. The molecular formula is C23H27Cl2N2O+. The quantitative estimate of drug-likeness (QED) is 0.490. The van der Waals surface area contributed by atoms with E-state index in [0.29, 0.717) is 16.6 Å². The lowest BCUT2D eigenvalue weighted by Gasteiger charge is -2.37. The number of rotatable bonds is 6. The van der Waals surface area contributed by atoms with Crippen molar-refractivity contribution in [1.82, 2.24) is 5.32 Å². The number of nitrogens with one attached hydrogen (secondary N) is 1. The third-order valence-corrected chi connectivity index (χ3v) is 6.06. The number of hydrogen-bond donors (Lipinski definition) is 1. The van der Waals surface area contributed by atoms with E-state index < -0.39 is 0 Å². The van der Waals surface area contributed by atoms with Gasteiger partial charge in [-0.15, -0.1) is 0 Å². The highest BCUT2D eigenvalue weighted by Crippen LogP contribution is 2.23.